The number of nitrogens with one attached hydrogen (secondary N) is 1. The first-order chi connectivity index (χ1) is 28.0. The molecule has 3 atom stereocenters. The fourth-order valence-electron chi connectivity index (χ4n) is 6.28. The highest BCUT2D eigenvalue weighted by atomic mass is 31.2. The molecule has 1 amide bonds. The van der Waals surface area contributed by atoms with E-state index in [0.29, 0.717) is 23.9 Å². The van der Waals surface area contributed by atoms with Gasteiger partial charge in [0.25, 0.3) is 0 Å². The van der Waals surface area contributed by atoms with Crippen LogP contribution in [-0.4, -0.2) is 73.4 Å². The average molecular weight is 834 g/mol. The first-order valence-corrected chi connectivity index (χ1v) is 24.8. The lowest BCUT2D eigenvalue weighted by Crippen LogP contribution is -2.46. The second-order valence-electron chi connectivity index (χ2n) is 16.8. The van der Waals surface area contributed by atoms with Crippen molar-refractivity contribution < 1.29 is 32.9 Å². The highest BCUT2D eigenvalue weighted by Gasteiger charge is 2.28. The summed E-state index contributed by atoms with van der Waals surface area (Å²) in [6.07, 6.45) is 53.5. The number of likely N-dealkylation sites (N-methyl/N-ethyl adjacent to an activating group) is 1. The van der Waals surface area contributed by atoms with E-state index in [2.05, 4.69) is 92.1 Å². The quantitative estimate of drug-likeness (QED) is 0.0245. The zero-order valence-electron chi connectivity index (χ0n) is 38.0. The Hall–Kier alpha value is -2.06. The number of quaternary nitrogens is 1. The Morgan fingerprint density at radius 3 is 1.52 bits per heavy atom. The summed E-state index contributed by atoms with van der Waals surface area (Å²) in [6.45, 7) is 4.73. The molecule has 0 aliphatic heterocycles. The fraction of sp³-hybridized carbons (Fsp3) is 0.735. The van der Waals surface area contributed by atoms with Gasteiger partial charge >= 0.3 is 7.82 Å². The minimum absolute atomic E-state index is 0.0654. The molecule has 0 saturated heterocycles. The molecule has 58 heavy (non-hydrogen) atoms. The van der Waals surface area contributed by atoms with Crippen LogP contribution in [0.15, 0.2) is 72.9 Å². The summed E-state index contributed by atoms with van der Waals surface area (Å²) >= 11 is 0. The molecule has 0 aliphatic carbocycles. The molecule has 8 nitrogen and oxygen atoms in total. The van der Waals surface area contributed by atoms with Crippen LogP contribution in [0.1, 0.15) is 181 Å². The van der Waals surface area contributed by atoms with E-state index in [4.69, 9.17) is 9.05 Å². The SMILES string of the molecule is CC/C=C\C/C=C\C/C=C\C/C=C\C/C=C\C/C=C\CCCCCCC(=O)NC(COP(=O)(O)OCC[N+](C)(C)C)C(O)CCCCCCCCCCCCCCC. The van der Waals surface area contributed by atoms with E-state index in [0.717, 1.165) is 89.9 Å². The van der Waals surface area contributed by atoms with Crippen molar-refractivity contribution in [2.75, 3.05) is 40.9 Å². The first kappa shape index (κ1) is 55.9. The number of rotatable bonds is 41. The highest BCUT2D eigenvalue weighted by Crippen LogP contribution is 2.43. The second-order valence-corrected chi connectivity index (χ2v) is 18.2. The van der Waals surface area contributed by atoms with Crippen LogP contribution in [0.2, 0.25) is 0 Å². The molecule has 0 heterocycles. The van der Waals surface area contributed by atoms with Crippen LogP contribution in [0.4, 0.5) is 0 Å². The van der Waals surface area contributed by atoms with Gasteiger partial charge in [-0.25, -0.2) is 4.57 Å². The number of carbonyl (C=O) groups excluding carboxylic acids is 1. The summed E-state index contributed by atoms with van der Waals surface area (Å²) in [5.74, 6) is -0.173. The normalized spacial score (nSPS) is 14.9. The van der Waals surface area contributed by atoms with Crippen molar-refractivity contribution in [2.45, 2.75) is 193 Å². The molecule has 0 rings (SSSR count). The minimum Gasteiger partial charge on any atom is -0.391 e. The molecule has 0 aromatic heterocycles. The maximum Gasteiger partial charge on any atom is 0.472 e. The zero-order valence-corrected chi connectivity index (χ0v) is 38.9. The maximum atomic E-state index is 12.9. The molecule has 0 radical (unpaired) electrons. The fourth-order valence-corrected chi connectivity index (χ4v) is 7.02. The van der Waals surface area contributed by atoms with Crippen LogP contribution in [0.5, 0.6) is 0 Å². The van der Waals surface area contributed by atoms with Crippen LogP contribution < -0.4 is 5.32 Å². The highest BCUT2D eigenvalue weighted by molar-refractivity contribution is 7.47. The van der Waals surface area contributed by atoms with E-state index in [1.165, 1.54) is 64.2 Å². The van der Waals surface area contributed by atoms with Crippen molar-refractivity contribution in [3.05, 3.63) is 72.9 Å². The van der Waals surface area contributed by atoms with Crippen molar-refractivity contribution in [3.63, 3.8) is 0 Å². The predicted molar refractivity (Wildman–Crippen MR) is 249 cm³/mol. The Labute approximate surface area is 357 Å². The van der Waals surface area contributed by atoms with Gasteiger partial charge in [0.1, 0.15) is 13.2 Å². The topological polar surface area (TPSA) is 105 Å². The Kier molecular flexibility index (Phi) is 38.9. The Morgan fingerprint density at radius 2 is 1.03 bits per heavy atom. The molecule has 0 saturated carbocycles. The van der Waals surface area contributed by atoms with Gasteiger partial charge in [-0.15, -0.1) is 0 Å². The maximum absolute atomic E-state index is 12.9. The molecule has 0 aromatic carbocycles. The number of aliphatic hydroxyl groups excluding tert-OH is 1. The molecule has 0 spiro atoms. The summed E-state index contributed by atoms with van der Waals surface area (Å²) < 4.78 is 23.6. The Bertz CT molecular complexity index is 1170. The van der Waals surface area contributed by atoms with Gasteiger partial charge in [-0.3, -0.25) is 13.8 Å². The van der Waals surface area contributed by atoms with E-state index in [-0.39, 0.29) is 19.1 Å². The molecular formula is C49H90N2O6P+. The third kappa shape index (κ3) is 42.1. The minimum atomic E-state index is -4.33. The van der Waals surface area contributed by atoms with Gasteiger partial charge in [0.2, 0.25) is 5.91 Å². The number of hydrogen-bond donors (Lipinski definition) is 3. The van der Waals surface area contributed by atoms with Crippen molar-refractivity contribution >= 4 is 13.7 Å². The standard InChI is InChI=1S/C49H89N2O6P/c1-6-8-10-12-14-16-18-20-21-22-23-24-25-26-27-28-29-31-33-35-37-39-41-43-49(53)50-47(46-57-58(54,55)56-45-44-51(3,4)5)48(52)42-40-38-36-34-32-30-19-17-15-13-11-9-7-2/h8,10,14,16,20-21,23-24,26-27,29,31,47-48,52H,6-7,9,11-13,15,17-19,22,25,28,30,32-46H2,1-5H3,(H-,50,53,54,55)/p+1/b10-8-,16-14-,21-20-,24-23-,27-26-,31-29-. The molecule has 336 valence electrons. The van der Waals surface area contributed by atoms with Gasteiger partial charge in [-0.1, -0.05) is 183 Å². The van der Waals surface area contributed by atoms with Gasteiger partial charge in [-0.05, 0) is 64.2 Å². The van der Waals surface area contributed by atoms with Crippen LogP contribution in [0.3, 0.4) is 0 Å². The summed E-state index contributed by atoms with van der Waals surface area (Å²) in [6, 6.07) is -0.777. The number of hydrogen-bond acceptors (Lipinski definition) is 5. The van der Waals surface area contributed by atoms with Crippen LogP contribution >= 0.6 is 7.82 Å². The molecule has 0 aliphatic rings. The van der Waals surface area contributed by atoms with Gasteiger partial charge in [0.05, 0.1) is 39.9 Å². The molecule has 3 unspecified atom stereocenters. The van der Waals surface area contributed by atoms with Crippen molar-refractivity contribution in [2.24, 2.45) is 0 Å². The number of phosphoric acid groups is 1. The monoisotopic (exact) mass is 834 g/mol. The summed E-state index contributed by atoms with van der Waals surface area (Å²) in [5, 5.41) is 13.9. The number of phosphoric ester groups is 1. The van der Waals surface area contributed by atoms with Gasteiger partial charge < -0.3 is 19.8 Å². The van der Waals surface area contributed by atoms with Crippen molar-refractivity contribution in [1.29, 1.82) is 0 Å². The number of unbranched alkanes of at least 4 members (excludes halogenated alkanes) is 16. The van der Waals surface area contributed by atoms with E-state index >= 15 is 0 Å². The largest absolute Gasteiger partial charge is 0.472 e. The van der Waals surface area contributed by atoms with Crippen LogP contribution in [0.25, 0.3) is 0 Å². The average Bonchev–Trinajstić information content (AvgIpc) is 3.17. The third-order valence-electron chi connectivity index (χ3n) is 9.97. The number of carbonyl (C=O) groups is 1. The van der Waals surface area contributed by atoms with E-state index < -0.39 is 20.0 Å². The molecule has 0 bridgehead atoms. The van der Waals surface area contributed by atoms with E-state index in [1.54, 1.807) is 0 Å². The molecule has 0 fully saturated rings. The summed E-state index contributed by atoms with van der Waals surface area (Å²) in [5.41, 5.74) is 0. The van der Waals surface area contributed by atoms with E-state index in [9.17, 15) is 19.4 Å². The predicted octanol–water partition coefficient (Wildman–Crippen LogP) is 13.2. The number of amides is 1. The van der Waals surface area contributed by atoms with Crippen LogP contribution in [0, 0.1) is 0 Å². The lowest BCUT2D eigenvalue weighted by atomic mass is 10.0. The van der Waals surface area contributed by atoms with E-state index in [1.807, 2.05) is 21.1 Å². The Morgan fingerprint density at radius 1 is 0.603 bits per heavy atom. The summed E-state index contributed by atoms with van der Waals surface area (Å²) in [7, 11) is 1.58. The summed E-state index contributed by atoms with van der Waals surface area (Å²) in [4.78, 5) is 23.2. The third-order valence-corrected chi connectivity index (χ3v) is 11.0. The molecule has 3 N–H and O–H groups in total. The lowest BCUT2D eigenvalue weighted by molar-refractivity contribution is -0.870. The number of aliphatic hydroxyl groups is 1. The van der Waals surface area contributed by atoms with Crippen molar-refractivity contribution in [3.8, 4) is 0 Å². The number of allylic oxidation sites excluding steroid dienone is 12. The molecule has 9 heteroatoms. The van der Waals surface area contributed by atoms with Gasteiger partial charge in [0, 0.05) is 6.42 Å². The van der Waals surface area contributed by atoms with Crippen molar-refractivity contribution in [1.82, 2.24) is 5.32 Å². The van der Waals surface area contributed by atoms with Gasteiger partial charge in [-0.2, -0.15) is 0 Å². The van der Waals surface area contributed by atoms with Gasteiger partial charge in [0.15, 0.2) is 0 Å². The lowest BCUT2D eigenvalue weighted by Gasteiger charge is -2.26. The molecular weight excluding hydrogens is 744 g/mol. The molecule has 0 aromatic rings. The first-order valence-electron chi connectivity index (χ1n) is 23.3. The van der Waals surface area contributed by atoms with Crippen LogP contribution in [-0.2, 0) is 18.4 Å². The smallest absolute Gasteiger partial charge is 0.391 e. The zero-order chi connectivity index (χ0) is 42.8. The number of nitrogens with zero attached hydrogens (tertiary/aromatic N) is 1. The second kappa shape index (κ2) is 40.4. The Balaban J connectivity index is 4.38.